The summed E-state index contributed by atoms with van der Waals surface area (Å²) < 4.78 is 0. The van der Waals surface area contributed by atoms with Gasteiger partial charge in [-0.25, -0.2) is 0 Å². The molecule has 5 heteroatoms. The topological polar surface area (TPSA) is 61.4 Å². The van der Waals surface area contributed by atoms with Gasteiger partial charge in [0.25, 0.3) is 5.91 Å². The van der Waals surface area contributed by atoms with E-state index in [0.29, 0.717) is 12.1 Å². The molecule has 5 nitrogen and oxygen atoms in total. The fraction of sp³-hybridized carbons (Fsp3) is 0.467. The van der Waals surface area contributed by atoms with Gasteiger partial charge in [-0.05, 0) is 38.6 Å². The van der Waals surface area contributed by atoms with E-state index in [9.17, 15) is 9.59 Å². The zero-order valence-corrected chi connectivity index (χ0v) is 12.4. The summed E-state index contributed by atoms with van der Waals surface area (Å²) in [4.78, 5) is 25.4. The van der Waals surface area contributed by atoms with Crippen LogP contribution in [0.1, 0.15) is 22.8 Å². The van der Waals surface area contributed by atoms with E-state index in [-0.39, 0.29) is 18.4 Å². The van der Waals surface area contributed by atoms with Gasteiger partial charge in [0.1, 0.15) is 0 Å². The van der Waals surface area contributed by atoms with Crippen molar-refractivity contribution >= 4 is 11.8 Å². The van der Waals surface area contributed by atoms with Gasteiger partial charge >= 0.3 is 0 Å². The van der Waals surface area contributed by atoms with E-state index < -0.39 is 0 Å². The number of carbonyl (C=O) groups is 2. The predicted molar refractivity (Wildman–Crippen MR) is 79.7 cm³/mol. The van der Waals surface area contributed by atoms with Crippen LogP contribution < -0.4 is 10.6 Å². The van der Waals surface area contributed by atoms with E-state index in [1.165, 1.54) is 4.90 Å². The highest BCUT2D eigenvalue weighted by atomic mass is 16.2. The van der Waals surface area contributed by atoms with Crippen molar-refractivity contribution < 1.29 is 9.59 Å². The van der Waals surface area contributed by atoms with E-state index in [2.05, 4.69) is 10.6 Å². The van der Waals surface area contributed by atoms with Crippen LogP contribution in [0.25, 0.3) is 0 Å². The SMILES string of the molecule is CCNC(=O)CN(C)C(=O)c1ccccc1CCNC. The molecule has 0 spiro atoms. The van der Waals surface area contributed by atoms with Gasteiger partial charge in [-0.2, -0.15) is 0 Å². The summed E-state index contributed by atoms with van der Waals surface area (Å²) in [5.74, 6) is -0.265. The Labute approximate surface area is 120 Å². The first kappa shape index (κ1) is 16.2. The number of carbonyl (C=O) groups excluding carboxylic acids is 2. The molecule has 0 unspecified atom stereocenters. The molecule has 1 aromatic rings. The van der Waals surface area contributed by atoms with Crippen LogP contribution in [0.5, 0.6) is 0 Å². The standard InChI is InChI=1S/C15H23N3O2/c1-4-17-14(19)11-18(3)15(20)13-8-6-5-7-12(13)9-10-16-2/h5-8,16H,4,9-11H2,1-3H3,(H,17,19). The Morgan fingerprint density at radius 1 is 1.25 bits per heavy atom. The Kier molecular flexibility index (Phi) is 6.73. The van der Waals surface area contributed by atoms with Gasteiger partial charge in [0, 0.05) is 19.2 Å². The van der Waals surface area contributed by atoms with Gasteiger partial charge in [0.05, 0.1) is 6.54 Å². The van der Waals surface area contributed by atoms with Crippen molar-refractivity contribution in [3.63, 3.8) is 0 Å². The molecule has 0 aromatic heterocycles. The van der Waals surface area contributed by atoms with Gasteiger partial charge in [0.15, 0.2) is 0 Å². The van der Waals surface area contributed by atoms with Gasteiger partial charge in [-0.1, -0.05) is 18.2 Å². The van der Waals surface area contributed by atoms with Crippen molar-refractivity contribution in [2.45, 2.75) is 13.3 Å². The minimum atomic E-state index is -0.143. The average molecular weight is 277 g/mol. The summed E-state index contributed by atoms with van der Waals surface area (Å²) in [6.07, 6.45) is 0.785. The largest absolute Gasteiger partial charge is 0.355 e. The highest BCUT2D eigenvalue weighted by Gasteiger charge is 2.17. The maximum atomic E-state index is 12.4. The van der Waals surface area contributed by atoms with Crippen molar-refractivity contribution in [2.24, 2.45) is 0 Å². The van der Waals surface area contributed by atoms with E-state index in [0.717, 1.165) is 18.5 Å². The number of hydrogen-bond donors (Lipinski definition) is 2. The normalized spacial score (nSPS) is 10.2. The van der Waals surface area contributed by atoms with Crippen LogP contribution in [0.15, 0.2) is 24.3 Å². The molecule has 2 amide bonds. The predicted octanol–water partition coefficient (Wildman–Crippen LogP) is 0.657. The van der Waals surface area contributed by atoms with Gasteiger partial charge < -0.3 is 15.5 Å². The van der Waals surface area contributed by atoms with Crippen LogP contribution in [-0.2, 0) is 11.2 Å². The number of benzene rings is 1. The highest BCUT2D eigenvalue weighted by molar-refractivity contribution is 5.97. The van der Waals surface area contributed by atoms with Gasteiger partial charge in [0.2, 0.25) is 5.91 Å². The molecule has 0 aliphatic heterocycles. The smallest absolute Gasteiger partial charge is 0.254 e. The van der Waals surface area contributed by atoms with Crippen LogP contribution in [0.4, 0.5) is 0 Å². The molecule has 0 aliphatic carbocycles. The molecule has 0 fully saturated rings. The summed E-state index contributed by atoms with van der Waals surface area (Å²) in [5, 5.41) is 5.76. The first-order chi connectivity index (χ1) is 9.60. The van der Waals surface area contributed by atoms with Crippen LogP contribution in [-0.4, -0.2) is 50.4 Å². The third-order valence-corrected chi connectivity index (χ3v) is 2.99. The molecule has 1 rings (SSSR count). The number of nitrogens with one attached hydrogen (secondary N) is 2. The summed E-state index contributed by atoms with van der Waals surface area (Å²) >= 11 is 0. The molecule has 20 heavy (non-hydrogen) atoms. The summed E-state index contributed by atoms with van der Waals surface area (Å²) in [6, 6.07) is 7.52. The van der Waals surface area contributed by atoms with Crippen molar-refractivity contribution in [3.05, 3.63) is 35.4 Å². The number of hydrogen-bond acceptors (Lipinski definition) is 3. The minimum absolute atomic E-state index is 0.0764. The van der Waals surface area contributed by atoms with E-state index in [4.69, 9.17) is 0 Å². The van der Waals surface area contributed by atoms with Crippen molar-refractivity contribution in [1.29, 1.82) is 0 Å². The maximum Gasteiger partial charge on any atom is 0.254 e. The van der Waals surface area contributed by atoms with Crippen LogP contribution in [0.2, 0.25) is 0 Å². The van der Waals surface area contributed by atoms with E-state index >= 15 is 0 Å². The summed E-state index contributed by atoms with van der Waals surface area (Å²) in [7, 11) is 3.53. The van der Waals surface area contributed by atoms with Crippen LogP contribution >= 0.6 is 0 Å². The molecule has 2 N–H and O–H groups in total. The second kappa shape index (κ2) is 8.32. The molecule has 0 bridgehead atoms. The molecule has 0 saturated carbocycles. The lowest BCUT2D eigenvalue weighted by atomic mass is 10.0. The van der Waals surface area contributed by atoms with E-state index in [1.54, 1.807) is 7.05 Å². The molecule has 1 aromatic carbocycles. The second-order valence-corrected chi connectivity index (χ2v) is 4.63. The lowest BCUT2D eigenvalue weighted by molar-refractivity contribution is -0.121. The lowest BCUT2D eigenvalue weighted by Crippen LogP contribution is -2.38. The number of rotatable bonds is 7. The first-order valence-electron chi connectivity index (χ1n) is 6.84. The third kappa shape index (κ3) is 4.66. The average Bonchev–Trinajstić information content (AvgIpc) is 2.44. The van der Waals surface area contributed by atoms with Crippen LogP contribution in [0.3, 0.4) is 0 Å². The molecule has 0 aliphatic rings. The van der Waals surface area contributed by atoms with Gasteiger partial charge in [-0.3, -0.25) is 9.59 Å². The highest BCUT2D eigenvalue weighted by Crippen LogP contribution is 2.11. The third-order valence-electron chi connectivity index (χ3n) is 2.99. The second-order valence-electron chi connectivity index (χ2n) is 4.63. The Balaban J connectivity index is 2.77. The maximum absolute atomic E-state index is 12.4. The van der Waals surface area contributed by atoms with E-state index in [1.807, 2.05) is 38.2 Å². The quantitative estimate of drug-likeness (QED) is 0.769. The van der Waals surface area contributed by atoms with Crippen molar-refractivity contribution in [1.82, 2.24) is 15.5 Å². The molecule has 0 heterocycles. The fourth-order valence-corrected chi connectivity index (χ4v) is 1.95. The molecular formula is C15H23N3O2. The van der Waals surface area contributed by atoms with Crippen LogP contribution in [0, 0.1) is 0 Å². The number of nitrogens with zero attached hydrogens (tertiary/aromatic N) is 1. The Morgan fingerprint density at radius 2 is 1.95 bits per heavy atom. The van der Waals surface area contributed by atoms with Crippen molar-refractivity contribution in [2.75, 3.05) is 33.7 Å². The lowest BCUT2D eigenvalue weighted by Gasteiger charge is -2.18. The van der Waals surface area contributed by atoms with Gasteiger partial charge in [-0.15, -0.1) is 0 Å². The monoisotopic (exact) mass is 277 g/mol. The summed E-state index contributed by atoms with van der Waals surface area (Å²) in [5.41, 5.74) is 1.66. The molecule has 0 atom stereocenters. The summed E-state index contributed by atoms with van der Waals surface area (Å²) in [6.45, 7) is 3.31. The zero-order chi connectivity index (χ0) is 15.0. The molecule has 0 radical (unpaired) electrons. The zero-order valence-electron chi connectivity index (χ0n) is 12.4. The number of amides is 2. The molecule has 110 valence electrons. The van der Waals surface area contributed by atoms with Crippen molar-refractivity contribution in [3.8, 4) is 0 Å². The Hall–Kier alpha value is -1.88. The molecular weight excluding hydrogens is 254 g/mol. The minimum Gasteiger partial charge on any atom is -0.355 e. The number of likely N-dealkylation sites (N-methyl/N-ethyl adjacent to an activating group) is 3. The Morgan fingerprint density at radius 3 is 2.60 bits per heavy atom. The molecule has 0 saturated heterocycles. The first-order valence-corrected chi connectivity index (χ1v) is 6.84. The Bertz CT molecular complexity index is 460. The fourth-order valence-electron chi connectivity index (χ4n) is 1.95.